The quantitative estimate of drug-likeness (QED) is 0.337. The molecule has 0 aliphatic rings. The number of pyridine rings is 1. The minimum atomic E-state index is -1.16. The number of anilines is 1. The Morgan fingerprint density at radius 2 is 1.96 bits per heavy atom. The number of rotatable bonds is 6. The summed E-state index contributed by atoms with van der Waals surface area (Å²) in [6.07, 6.45) is -1.16. The lowest BCUT2D eigenvalue weighted by atomic mass is 10.1. The number of aryl methyl sites for hydroxylation is 2. The van der Waals surface area contributed by atoms with E-state index in [9.17, 15) is 19.7 Å². The summed E-state index contributed by atoms with van der Waals surface area (Å²) in [6, 6.07) is 5.40. The molecule has 0 aliphatic carbocycles. The highest BCUT2D eigenvalue weighted by atomic mass is 35.5. The van der Waals surface area contributed by atoms with Gasteiger partial charge >= 0.3 is 5.97 Å². The van der Waals surface area contributed by atoms with Gasteiger partial charge in [0.2, 0.25) is 0 Å². The largest absolute Gasteiger partial charge is 0.494 e. The number of nitro benzene ring substituents is 1. The van der Waals surface area contributed by atoms with Gasteiger partial charge in [0.05, 0.1) is 29.4 Å². The standard InChI is InChI=1S/C18H18ClN3O6/c1-9-7-10(2)20-16(19)15(9)18(24)28-11(3)17(23)21-13-6-5-12(22(25)26)8-14(13)27-4/h5-8,11H,1-4H3,(H,21,23)/t11-/m0/s1. The Balaban J connectivity index is 2.13. The zero-order valence-corrected chi connectivity index (χ0v) is 16.4. The van der Waals surface area contributed by atoms with Crippen LogP contribution in [0.25, 0.3) is 0 Å². The van der Waals surface area contributed by atoms with Gasteiger partial charge in [0, 0.05) is 11.8 Å². The van der Waals surface area contributed by atoms with Gasteiger partial charge in [-0.25, -0.2) is 9.78 Å². The highest BCUT2D eigenvalue weighted by Gasteiger charge is 2.24. The first kappa shape index (κ1) is 21.1. The highest BCUT2D eigenvalue weighted by Crippen LogP contribution is 2.29. The predicted octanol–water partition coefficient (Wildman–Crippen LogP) is 3.45. The zero-order valence-electron chi connectivity index (χ0n) is 15.6. The van der Waals surface area contributed by atoms with Crippen molar-refractivity contribution in [3.05, 3.63) is 56.4 Å². The van der Waals surface area contributed by atoms with Crippen LogP contribution in [0.1, 0.15) is 28.5 Å². The summed E-state index contributed by atoms with van der Waals surface area (Å²) in [5.74, 6) is -1.33. The molecule has 0 unspecified atom stereocenters. The van der Waals surface area contributed by atoms with E-state index in [0.29, 0.717) is 11.3 Å². The van der Waals surface area contributed by atoms with Gasteiger partial charge < -0.3 is 14.8 Å². The summed E-state index contributed by atoms with van der Waals surface area (Å²) in [7, 11) is 1.31. The smallest absolute Gasteiger partial charge is 0.342 e. The normalized spacial score (nSPS) is 11.5. The minimum absolute atomic E-state index is 0.00727. The van der Waals surface area contributed by atoms with Gasteiger partial charge in [-0.05, 0) is 38.5 Å². The number of carbonyl (C=O) groups excluding carboxylic acids is 2. The van der Waals surface area contributed by atoms with Crippen LogP contribution in [-0.2, 0) is 9.53 Å². The molecular formula is C18H18ClN3O6. The molecule has 0 aliphatic heterocycles. The fourth-order valence-corrected chi connectivity index (χ4v) is 2.80. The zero-order chi connectivity index (χ0) is 21.0. The first-order valence-electron chi connectivity index (χ1n) is 8.12. The number of halogens is 1. The third kappa shape index (κ3) is 4.74. The van der Waals surface area contributed by atoms with Gasteiger partial charge in [0.25, 0.3) is 11.6 Å². The minimum Gasteiger partial charge on any atom is -0.494 e. The summed E-state index contributed by atoms with van der Waals surface area (Å²) < 4.78 is 10.2. The second-order valence-electron chi connectivity index (χ2n) is 5.92. The Morgan fingerprint density at radius 1 is 1.29 bits per heavy atom. The Bertz CT molecular complexity index is 924. The van der Waals surface area contributed by atoms with Crippen LogP contribution in [0.5, 0.6) is 5.75 Å². The van der Waals surface area contributed by atoms with E-state index >= 15 is 0 Å². The molecule has 0 fully saturated rings. The number of nitrogens with zero attached hydrogens (tertiary/aromatic N) is 2. The van der Waals surface area contributed by atoms with Crippen molar-refractivity contribution < 1.29 is 24.0 Å². The topological polar surface area (TPSA) is 121 Å². The van der Waals surface area contributed by atoms with Crippen molar-refractivity contribution in [1.29, 1.82) is 0 Å². The van der Waals surface area contributed by atoms with Crippen LogP contribution in [0, 0.1) is 24.0 Å². The lowest BCUT2D eigenvalue weighted by Crippen LogP contribution is -2.30. The van der Waals surface area contributed by atoms with Crippen LogP contribution in [0.15, 0.2) is 24.3 Å². The van der Waals surface area contributed by atoms with Gasteiger partial charge in [-0.15, -0.1) is 0 Å². The van der Waals surface area contributed by atoms with Crippen LogP contribution in [-0.4, -0.2) is 35.0 Å². The third-order valence-corrected chi connectivity index (χ3v) is 4.08. The molecule has 2 rings (SSSR count). The summed E-state index contributed by atoms with van der Waals surface area (Å²) in [5.41, 5.74) is 1.32. The van der Waals surface area contributed by atoms with E-state index in [4.69, 9.17) is 21.1 Å². The molecule has 28 heavy (non-hydrogen) atoms. The van der Waals surface area contributed by atoms with Crippen molar-refractivity contribution in [2.45, 2.75) is 26.9 Å². The van der Waals surface area contributed by atoms with Crippen molar-refractivity contribution >= 4 is 34.9 Å². The Kier molecular flexibility index (Phi) is 6.53. The van der Waals surface area contributed by atoms with Gasteiger partial charge in [-0.3, -0.25) is 14.9 Å². The third-order valence-electron chi connectivity index (χ3n) is 3.81. The monoisotopic (exact) mass is 407 g/mol. The maximum atomic E-state index is 12.4. The van der Waals surface area contributed by atoms with E-state index in [1.54, 1.807) is 19.9 Å². The van der Waals surface area contributed by atoms with E-state index in [1.165, 1.54) is 32.2 Å². The number of hydrogen-bond donors (Lipinski definition) is 1. The molecule has 1 aromatic heterocycles. The van der Waals surface area contributed by atoms with Gasteiger partial charge in [-0.1, -0.05) is 11.6 Å². The van der Waals surface area contributed by atoms with Crippen LogP contribution in [0.3, 0.4) is 0 Å². The lowest BCUT2D eigenvalue weighted by molar-refractivity contribution is -0.384. The van der Waals surface area contributed by atoms with Crippen molar-refractivity contribution in [1.82, 2.24) is 4.98 Å². The number of benzene rings is 1. The number of nitrogens with one attached hydrogen (secondary N) is 1. The van der Waals surface area contributed by atoms with Crippen molar-refractivity contribution in [2.75, 3.05) is 12.4 Å². The van der Waals surface area contributed by atoms with Gasteiger partial charge in [0.15, 0.2) is 6.10 Å². The first-order chi connectivity index (χ1) is 13.1. The van der Waals surface area contributed by atoms with E-state index in [-0.39, 0.29) is 27.8 Å². The molecule has 1 atom stereocenters. The maximum absolute atomic E-state index is 12.4. The van der Waals surface area contributed by atoms with Gasteiger partial charge in [-0.2, -0.15) is 0 Å². The molecule has 148 valence electrons. The summed E-state index contributed by atoms with van der Waals surface area (Å²) in [4.78, 5) is 39.0. The second-order valence-corrected chi connectivity index (χ2v) is 6.28. The van der Waals surface area contributed by atoms with E-state index in [0.717, 1.165) is 0 Å². The number of carbonyl (C=O) groups is 2. The molecule has 9 nitrogen and oxygen atoms in total. The Hall–Kier alpha value is -3.20. The average molecular weight is 408 g/mol. The molecule has 0 saturated carbocycles. The van der Waals surface area contributed by atoms with Crippen molar-refractivity contribution in [3.8, 4) is 5.75 Å². The fourth-order valence-electron chi connectivity index (χ4n) is 2.44. The number of hydrogen-bond acceptors (Lipinski definition) is 7. The Labute approximate surface area is 165 Å². The maximum Gasteiger partial charge on any atom is 0.342 e. The molecular weight excluding hydrogens is 390 g/mol. The number of ether oxygens (including phenoxy) is 2. The summed E-state index contributed by atoms with van der Waals surface area (Å²) in [5, 5.41) is 13.3. The molecule has 1 N–H and O–H groups in total. The fraction of sp³-hybridized carbons (Fsp3) is 0.278. The molecule has 0 saturated heterocycles. The number of methoxy groups -OCH3 is 1. The molecule has 1 aromatic carbocycles. The van der Waals surface area contributed by atoms with E-state index in [2.05, 4.69) is 10.3 Å². The number of nitro groups is 1. The summed E-state index contributed by atoms with van der Waals surface area (Å²) >= 11 is 6.02. The molecule has 1 amide bonds. The molecule has 10 heteroatoms. The first-order valence-corrected chi connectivity index (χ1v) is 8.49. The number of non-ortho nitro benzene ring substituents is 1. The molecule has 0 radical (unpaired) electrons. The predicted molar refractivity (Wildman–Crippen MR) is 102 cm³/mol. The molecule has 0 spiro atoms. The molecule has 1 heterocycles. The average Bonchev–Trinajstić information content (AvgIpc) is 2.60. The summed E-state index contributed by atoms with van der Waals surface area (Å²) in [6.45, 7) is 4.81. The van der Waals surface area contributed by atoms with Crippen molar-refractivity contribution in [3.63, 3.8) is 0 Å². The SMILES string of the molecule is COc1cc([N+](=O)[O-])ccc1NC(=O)[C@H](C)OC(=O)c1c(C)cc(C)nc1Cl. The van der Waals surface area contributed by atoms with Crippen LogP contribution >= 0.6 is 11.6 Å². The Morgan fingerprint density at radius 3 is 2.54 bits per heavy atom. The second kappa shape index (κ2) is 8.66. The van der Waals surface area contributed by atoms with E-state index < -0.39 is 22.9 Å². The number of aromatic nitrogens is 1. The molecule has 0 bridgehead atoms. The van der Waals surface area contributed by atoms with Crippen molar-refractivity contribution in [2.24, 2.45) is 0 Å². The number of amides is 1. The van der Waals surface area contributed by atoms with Crippen LogP contribution in [0.4, 0.5) is 11.4 Å². The van der Waals surface area contributed by atoms with Crippen LogP contribution in [0.2, 0.25) is 5.15 Å². The number of esters is 1. The highest BCUT2D eigenvalue weighted by molar-refractivity contribution is 6.32. The van der Waals surface area contributed by atoms with E-state index in [1.807, 2.05) is 0 Å². The van der Waals surface area contributed by atoms with Crippen LogP contribution < -0.4 is 10.1 Å². The lowest BCUT2D eigenvalue weighted by Gasteiger charge is -2.16. The molecule has 2 aromatic rings. The van der Waals surface area contributed by atoms with Gasteiger partial charge in [0.1, 0.15) is 10.9 Å².